The molecule has 27 heavy (non-hydrogen) atoms. The average Bonchev–Trinajstić information content (AvgIpc) is 3.17. The summed E-state index contributed by atoms with van der Waals surface area (Å²) in [6.07, 6.45) is 3.55. The summed E-state index contributed by atoms with van der Waals surface area (Å²) in [5.41, 5.74) is 0.844. The highest BCUT2D eigenvalue weighted by Crippen LogP contribution is 2.36. The number of nitrogens with one attached hydrogen (secondary N) is 2. The number of halogens is 2. The predicted molar refractivity (Wildman–Crippen MR) is 102 cm³/mol. The molecule has 0 atom stereocenters. The van der Waals surface area contributed by atoms with Crippen molar-refractivity contribution in [3.63, 3.8) is 0 Å². The smallest absolute Gasteiger partial charge is 0.276 e. The van der Waals surface area contributed by atoms with Gasteiger partial charge in [0.15, 0.2) is 12.3 Å². The minimum absolute atomic E-state index is 0.0663. The quantitative estimate of drug-likeness (QED) is 0.811. The number of ether oxygens (including phenoxy) is 1. The molecule has 1 fully saturated rings. The molecule has 0 bridgehead atoms. The fourth-order valence-corrected chi connectivity index (χ4v) is 3.35. The zero-order valence-corrected chi connectivity index (χ0v) is 15.6. The number of carbonyl (C=O) groups excluding carboxylic acids is 2. The third kappa shape index (κ3) is 3.63. The van der Waals surface area contributed by atoms with Gasteiger partial charge in [0.1, 0.15) is 5.75 Å². The van der Waals surface area contributed by atoms with Gasteiger partial charge in [0, 0.05) is 19.2 Å². The summed E-state index contributed by atoms with van der Waals surface area (Å²) in [7, 11) is 0. The van der Waals surface area contributed by atoms with Gasteiger partial charge in [0.2, 0.25) is 5.95 Å². The normalized spacial score (nSPS) is 15.8. The molecule has 2 amide bonds. The lowest BCUT2D eigenvalue weighted by Gasteiger charge is -2.20. The van der Waals surface area contributed by atoms with Gasteiger partial charge in [-0.1, -0.05) is 23.2 Å². The van der Waals surface area contributed by atoms with E-state index < -0.39 is 5.91 Å². The van der Waals surface area contributed by atoms with Crippen LogP contribution in [0, 0.1) is 0 Å². The summed E-state index contributed by atoms with van der Waals surface area (Å²) >= 11 is 12.3. The number of hydrogen-bond acceptors (Lipinski definition) is 6. The third-order valence-corrected chi connectivity index (χ3v) is 4.87. The van der Waals surface area contributed by atoms with Crippen LogP contribution in [0.15, 0.2) is 18.3 Å². The molecule has 2 N–H and O–H groups in total. The zero-order valence-electron chi connectivity index (χ0n) is 14.1. The van der Waals surface area contributed by atoms with Gasteiger partial charge in [-0.3, -0.25) is 9.59 Å². The number of rotatable bonds is 3. The van der Waals surface area contributed by atoms with Crippen LogP contribution in [0.1, 0.15) is 23.3 Å². The molecule has 1 saturated heterocycles. The number of fused-ring (bicyclic) bond motifs is 1. The molecule has 140 valence electrons. The highest BCUT2D eigenvalue weighted by Gasteiger charge is 2.22. The molecule has 0 spiro atoms. The van der Waals surface area contributed by atoms with Crippen LogP contribution in [0.3, 0.4) is 0 Å². The van der Waals surface area contributed by atoms with Crippen molar-refractivity contribution in [3.05, 3.63) is 34.1 Å². The molecular weight excluding hydrogens is 393 g/mol. The SMILES string of the molecule is O=C1COc2cc(NC(=O)c3nc(N4CCCC4)ncc3Cl)c(Cl)cc2N1. The molecule has 0 aliphatic carbocycles. The van der Waals surface area contributed by atoms with Gasteiger partial charge in [0.25, 0.3) is 11.8 Å². The Morgan fingerprint density at radius 2 is 2.00 bits per heavy atom. The summed E-state index contributed by atoms with van der Waals surface area (Å²) in [5.74, 6) is 0.118. The lowest BCUT2D eigenvalue weighted by Crippen LogP contribution is -2.25. The molecule has 2 aliphatic rings. The number of aromatic nitrogens is 2. The van der Waals surface area contributed by atoms with Crippen molar-refractivity contribution in [2.75, 3.05) is 35.2 Å². The van der Waals surface area contributed by atoms with Crippen molar-refractivity contribution in [2.24, 2.45) is 0 Å². The number of anilines is 3. The van der Waals surface area contributed by atoms with E-state index >= 15 is 0 Å². The second-order valence-corrected chi connectivity index (χ2v) is 6.99. The molecule has 0 saturated carbocycles. The van der Waals surface area contributed by atoms with E-state index in [1.54, 1.807) is 6.07 Å². The fraction of sp³-hybridized carbons (Fsp3) is 0.294. The second kappa shape index (κ2) is 7.21. The molecule has 2 aromatic rings. The van der Waals surface area contributed by atoms with Crippen LogP contribution >= 0.6 is 23.2 Å². The van der Waals surface area contributed by atoms with E-state index in [1.165, 1.54) is 12.3 Å². The van der Waals surface area contributed by atoms with Crippen molar-refractivity contribution in [1.82, 2.24) is 9.97 Å². The summed E-state index contributed by atoms with van der Waals surface area (Å²) in [5, 5.41) is 5.74. The van der Waals surface area contributed by atoms with E-state index in [0.29, 0.717) is 23.1 Å². The van der Waals surface area contributed by atoms with Crippen molar-refractivity contribution in [3.8, 4) is 5.75 Å². The fourth-order valence-electron chi connectivity index (χ4n) is 2.96. The van der Waals surface area contributed by atoms with Crippen LogP contribution in [-0.4, -0.2) is 41.5 Å². The van der Waals surface area contributed by atoms with E-state index in [4.69, 9.17) is 27.9 Å². The Balaban J connectivity index is 1.59. The van der Waals surface area contributed by atoms with Crippen LogP contribution in [0.25, 0.3) is 0 Å². The van der Waals surface area contributed by atoms with Gasteiger partial charge in [-0.2, -0.15) is 0 Å². The molecule has 3 heterocycles. The minimum atomic E-state index is -0.510. The van der Waals surface area contributed by atoms with E-state index in [2.05, 4.69) is 20.6 Å². The summed E-state index contributed by atoms with van der Waals surface area (Å²) in [6, 6.07) is 3.06. The molecule has 1 aromatic heterocycles. The van der Waals surface area contributed by atoms with Gasteiger partial charge in [0.05, 0.1) is 27.6 Å². The third-order valence-electron chi connectivity index (χ3n) is 4.29. The monoisotopic (exact) mass is 407 g/mol. The van der Waals surface area contributed by atoms with Gasteiger partial charge in [-0.05, 0) is 18.9 Å². The number of carbonyl (C=O) groups is 2. The molecule has 2 aliphatic heterocycles. The van der Waals surface area contributed by atoms with Crippen LogP contribution < -0.4 is 20.3 Å². The second-order valence-electron chi connectivity index (χ2n) is 6.18. The molecule has 8 nitrogen and oxygen atoms in total. The Morgan fingerprint density at radius 1 is 1.22 bits per heavy atom. The van der Waals surface area contributed by atoms with Crippen LogP contribution in [-0.2, 0) is 4.79 Å². The summed E-state index contributed by atoms with van der Waals surface area (Å²) in [6.45, 7) is 1.60. The summed E-state index contributed by atoms with van der Waals surface area (Å²) < 4.78 is 5.35. The Hall–Kier alpha value is -2.58. The maximum absolute atomic E-state index is 12.7. The van der Waals surface area contributed by atoms with Gasteiger partial charge in [-0.25, -0.2) is 9.97 Å². The highest BCUT2D eigenvalue weighted by molar-refractivity contribution is 6.36. The molecule has 1 aromatic carbocycles. The number of amides is 2. The van der Waals surface area contributed by atoms with E-state index in [1.807, 2.05) is 4.90 Å². The zero-order chi connectivity index (χ0) is 19.0. The van der Waals surface area contributed by atoms with Gasteiger partial charge >= 0.3 is 0 Å². The van der Waals surface area contributed by atoms with Gasteiger partial charge in [-0.15, -0.1) is 0 Å². The molecule has 10 heteroatoms. The van der Waals surface area contributed by atoms with Crippen molar-refractivity contribution in [2.45, 2.75) is 12.8 Å². The Labute approximate surface area is 164 Å². The Bertz CT molecular complexity index is 931. The number of nitrogens with zero attached hydrogens (tertiary/aromatic N) is 3. The maximum atomic E-state index is 12.7. The Kier molecular flexibility index (Phi) is 4.75. The van der Waals surface area contributed by atoms with Crippen LogP contribution in [0.2, 0.25) is 10.0 Å². The highest BCUT2D eigenvalue weighted by atomic mass is 35.5. The van der Waals surface area contributed by atoms with E-state index in [0.717, 1.165) is 25.9 Å². The molecule has 0 radical (unpaired) electrons. The van der Waals surface area contributed by atoms with E-state index in [9.17, 15) is 9.59 Å². The predicted octanol–water partition coefficient (Wildman–Crippen LogP) is 2.97. The van der Waals surface area contributed by atoms with Crippen LogP contribution in [0.5, 0.6) is 5.75 Å². The topological polar surface area (TPSA) is 96.4 Å². The Morgan fingerprint density at radius 3 is 2.78 bits per heavy atom. The number of hydrogen-bond donors (Lipinski definition) is 2. The largest absolute Gasteiger partial charge is 0.482 e. The average molecular weight is 408 g/mol. The first-order valence-corrected chi connectivity index (χ1v) is 9.12. The summed E-state index contributed by atoms with van der Waals surface area (Å²) in [4.78, 5) is 34.6. The molecule has 4 rings (SSSR count). The lowest BCUT2D eigenvalue weighted by atomic mass is 10.2. The van der Waals surface area contributed by atoms with E-state index in [-0.39, 0.29) is 28.3 Å². The molecular formula is C17H15Cl2N5O3. The first-order valence-electron chi connectivity index (χ1n) is 8.36. The van der Waals surface area contributed by atoms with Crippen molar-refractivity contribution >= 4 is 52.3 Å². The first kappa shape index (κ1) is 17.8. The lowest BCUT2D eigenvalue weighted by molar-refractivity contribution is -0.118. The minimum Gasteiger partial charge on any atom is -0.482 e. The van der Waals surface area contributed by atoms with Crippen molar-refractivity contribution in [1.29, 1.82) is 0 Å². The maximum Gasteiger partial charge on any atom is 0.276 e. The standard InChI is InChI=1S/C17H15Cl2N5O3/c18-9-5-12-13(27-8-14(25)21-12)6-11(9)22-16(26)15-10(19)7-20-17(23-15)24-3-1-2-4-24/h5-7H,1-4,8H2,(H,21,25)(H,22,26). The number of benzene rings is 1. The molecule has 0 unspecified atom stereocenters. The van der Waals surface area contributed by atoms with Crippen molar-refractivity contribution < 1.29 is 14.3 Å². The first-order chi connectivity index (χ1) is 13.0. The van der Waals surface area contributed by atoms with Crippen LogP contribution in [0.4, 0.5) is 17.3 Å². The van der Waals surface area contributed by atoms with Gasteiger partial charge < -0.3 is 20.3 Å².